The molecule has 0 aromatic carbocycles. The fraction of sp³-hybridized carbons (Fsp3) is 0.600. The molecule has 100 valence electrons. The van der Waals surface area contributed by atoms with Gasteiger partial charge in [-0.1, -0.05) is 0 Å². The molecule has 0 bridgehead atoms. The SMILES string of the molecule is Nc1nc(OCC2CCOC2)cc(C(F)(F)F)n1. The Morgan fingerprint density at radius 3 is 2.83 bits per heavy atom. The maximum Gasteiger partial charge on any atom is 0.433 e. The number of alkyl halides is 3. The van der Waals surface area contributed by atoms with Gasteiger partial charge in [0, 0.05) is 18.6 Å². The predicted molar refractivity (Wildman–Crippen MR) is 55.9 cm³/mol. The van der Waals surface area contributed by atoms with Gasteiger partial charge in [-0.05, 0) is 6.42 Å². The lowest BCUT2D eigenvalue weighted by Crippen LogP contribution is -2.15. The summed E-state index contributed by atoms with van der Waals surface area (Å²) >= 11 is 0. The van der Waals surface area contributed by atoms with Gasteiger partial charge in [0.15, 0.2) is 5.69 Å². The van der Waals surface area contributed by atoms with Crippen molar-refractivity contribution < 1.29 is 22.6 Å². The lowest BCUT2D eigenvalue weighted by Gasteiger charge is -2.11. The Balaban J connectivity index is 2.05. The summed E-state index contributed by atoms with van der Waals surface area (Å²) in [5.74, 6) is -0.445. The van der Waals surface area contributed by atoms with E-state index < -0.39 is 17.8 Å². The average molecular weight is 263 g/mol. The van der Waals surface area contributed by atoms with E-state index in [1.807, 2.05) is 0 Å². The van der Waals surface area contributed by atoms with E-state index in [0.717, 1.165) is 12.5 Å². The topological polar surface area (TPSA) is 70.3 Å². The van der Waals surface area contributed by atoms with Crippen molar-refractivity contribution in [1.82, 2.24) is 9.97 Å². The Hall–Kier alpha value is -1.57. The molecule has 5 nitrogen and oxygen atoms in total. The van der Waals surface area contributed by atoms with Gasteiger partial charge in [0.1, 0.15) is 0 Å². The van der Waals surface area contributed by atoms with E-state index in [1.54, 1.807) is 0 Å². The summed E-state index contributed by atoms with van der Waals surface area (Å²) in [7, 11) is 0. The number of hydrogen-bond donors (Lipinski definition) is 1. The number of rotatable bonds is 3. The van der Waals surface area contributed by atoms with Gasteiger partial charge in [-0.3, -0.25) is 0 Å². The zero-order valence-electron chi connectivity index (χ0n) is 9.41. The number of aromatic nitrogens is 2. The standard InChI is InChI=1S/C10H12F3N3O2/c11-10(12,13)7-3-8(16-9(14)15-7)18-5-6-1-2-17-4-6/h3,6H,1-2,4-5H2,(H2,14,15,16). The lowest BCUT2D eigenvalue weighted by molar-refractivity contribution is -0.141. The molecular formula is C10H12F3N3O2. The van der Waals surface area contributed by atoms with E-state index in [1.165, 1.54) is 0 Å². The molecule has 1 aromatic rings. The smallest absolute Gasteiger partial charge is 0.433 e. The summed E-state index contributed by atoms with van der Waals surface area (Å²) in [4.78, 5) is 6.73. The molecule has 1 atom stereocenters. The van der Waals surface area contributed by atoms with Crippen LogP contribution in [-0.2, 0) is 10.9 Å². The highest BCUT2D eigenvalue weighted by molar-refractivity contribution is 5.27. The van der Waals surface area contributed by atoms with Crippen LogP contribution in [0.2, 0.25) is 0 Å². The van der Waals surface area contributed by atoms with Crippen LogP contribution < -0.4 is 10.5 Å². The summed E-state index contributed by atoms with van der Waals surface area (Å²) in [6.45, 7) is 1.45. The van der Waals surface area contributed by atoms with Gasteiger partial charge in [-0.15, -0.1) is 0 Å². The van der Waals surface area contributed by atoms with Crippen molar-refractivity contribution in [3.8, 4) is 5.88 Å². The van der Waals surface area contributed by atoms with Gasteiger partial charge in [-0.2, -0.15) is 18.2 Å². The number of halogens is 3. The maximum atomic E-state index is 12.5. The van der Waals surface area contributed by atoms with Crippen LogP contribution in [0.25, 0.3) is 0 Å². The third-order valence-corrected chi connectivity index (χ3v) is 2.50. The van der Waals surface area contributed by atoms with Crippen molar-refractivity contribution in [2.24, 2.45) is 5.92 Å². The second-order valence-corrected chi connectivity index (χ2v) is 3.99. The molecule has 1 aliphatic rings. The Morgan fingerprint density at radius 2 is 2.22 bits per heavy atom. The highest BCUT2D eigenvalue weighted by Crippen LogP contribution is 2.30. The van der Waals surface area contributed by atoms with E-state index in [2.05, 4.69) is 9.97 Å². The largest absolute Gasteiger partial charge is 0.477 e. The van der Waals surface area contributed by atoms with E-state index in [4.69, 9.17) is 15.2 Å². The van der Waals surface area contributed by atoms with Crippen molar-refractivity contribution in [1.29, 1.82) is 0 Å². The van der Waals surface area contributed by atoms with Crippen LogP contribution in [0, 0.1) is 5.92 Å². The first-order valence-electron chi connectivity index (χ1n) is 5.37. The molecule has 18 heavy (non-hydrogen) atoms. The first kappa shape index (κ1) is 12.9. The summed E-state index contributed by atoms with van der Waals surface area (Å²) < 4.78 is 47.7. The van der Waals surface area contributed by atoms with Crippen LogP contribution in [0.1, 0.15) is 12.1 Å². The maximum absolute atomic E-state index is 12.5. The van der Waals surface area contributed by atoms with Crippen molar-refractivity contribution in [3.63, 3.8) is 0 Å². The minimum atomic E-state index is -4.56. The molecule has 0 spiro atoms. The molecule has 1 fully saturated rings. The molecule has 2 rings (SSSR count). The summed E-state index contributed by atoms with van der Waals surface area (Å²) in [5, 5.41) is 0. The summed E-state index contributed by atoms with van der Waals surface area (Å²) in [6.07, 6.45) is -3.74. The normalized spacial score (nSPS) is 20.1. The third-order valence-electron chi connectivity index (χ3n) is 2.50. The molecule has 0 amide bonds. The van der Waals surface area contributed by atoms with E-state index in [0.29, 0.717) is 13.2 Å². The van der Waals surface area contributed by atoms with Crippen molar-refractivity contribution in [2.75, 3.05) is 25.6 Å². The summed E-state index contributed by atoms with van der Waals surface area (Å²) in [6, 6.07) is 0.742. The van der Waals surface area contributed by atoms with Crippen molar-refractivity contribution in [2.45, 2.75) is 12.6 Å². The van der Waals surface area contributed by atoms with Crippen LogP contribution in [0.4, 0.5) is 19.1 Å². The number of anilines is 1. The lowest BCUT2D eigenvalue weighted by atomic mass is 10.1. The monoisotopic (exact) mass is 263 g/mol. The number of nitrogens with zero attached hydrogens (tertiary/aromatic N) is 2. The van der Waals surface area contributed by atoms with Crippen molar-refractivity contribution >= 4 is 5.95 Å². The Bertz CT molecular complexity index is 419. The van der Waals surface area contributed by atoms with Crippen LogP contribution in [0.3, 0.4) is 0 Å². The van der Waals surface area contributed by atoms with Crippen molar-refractivity contribution in [3.05, 3.63) is 11.8 Å². The summed E-state index contributed by atoms with van der Waals surface area (Å²) in [5.41, 5.74) is 4.11. The molecule has 8 heteroatoms. The molecular weight excluding hydrogens is 251 g/mol. The zero-order valence-corrected chi connectivity index (χ0v) is 9.41. The molecule has 1 aromatic heterocycles. The van der Waals surface area contributed by atoms with Crippen LogP contribution in [-0.4, -0.2) is 29.8 Å². The number of nitrogen functional groups attached to an aromatic ring is 1. The number of nitrogens with two attached hydrogens (primary N) is 1. The van der Waals surface area contributed by atoms with Crippen LogP contribution in [0.5, 0.6) is 5.88 Å². The first-order chi connectivity index (χ1) is 8.45. The molecule has 0 aliphatic carbocycles. The Labute approximate surface area is 101 Å². The minimum absolute atomic E-state index is 0.165. The minimum Gasteiger partial charge on any atom is -0.477 e. The van der Waals surface area contributed by atoms with Crippen LogP contribution in [0.15, 0.2) is 6.07 Å². The van der Waals surface area contributed by atoms with Crippen LogP contribution >= 0.6 is 0 Å². The quantitative estimate of drug-likeness (QED) is 0.894. The van der Waals surface area contributed by atoms with Gasteiger partial charge >= 0.3 is 6.18 Å². The second kappa shape index (κ2) is 4.97. The second-order valence-electron chi connectivity index (χ2n) is 3.99. The zero-order chi connectivity index (χ0) is 13.2. The van der Waals surface area contributed by atoms with Gasteiger partial charge in [0.05, 0.1) is 13.2 Å². The number of hydrogen-bond acceptors (Lipinski definition) is 5. The van der Waals surface area contributed by atoms with E-state index in [9.17, 15) is 13.2 Å². The highest BCUT2D eigenvalue weighted by atomic mass is 19.4. The third kappa shape index (κ3) is 3.22. The fourth-order valence-corrected chi connectivity index (χ4v) is 1.58. The average Bonchev–Trinajstić information content (AvgIpc) is 2.77. The molecule has 2 heterocycles. The van der Waals surface area contributed by atoms with E-state index >= 15 is 0 Å². The van der Waals surface area contributed by atoms with Gasteiger partial charge in [0.2, 0.25) is 11.8 Å². The Kier molecular flexibility index (Phi) is 3.55. The van der Waals surface area contributed by atoms with Gasteiger partial charge < -0.3 is 15.2 Å². The molecule has 1 unspecified atom stereocenters. The Morgan fingerprint density at radius 1 is 1.44 bits per heavy atom. The van der Waals surface area contributed by atoms with Gasteiger partial charge in [-0.25, -0.2) is 4.98 Å². The number of ether oxygens (including phenoxy) is 2. The first-order valence-corrected chi connectivity index (χ1v) is 5.37. The molecule has 2 N–H and O–H groups in total. The molecule has 0 saturated carbocycles. The molecule has 1 aliphatic heterocycles. The predicted octanol–water partition coefficient (Wildman–Crippen LogP) is 1.49. The highest BCUT2D eigenvalue weighted by Gasteiger charge is 2.33. The van der Waals surface area contributed by atoms with Gasteiger partial charge in [0.25, 0.3) is 0 Å². The fourth-order valence-electron chi connectivity index (χ4n) is 1.58. The molecule has 1 saturated heterocycles. The molecule has 0 radical (unpaired) electrons. The van der Waals surface area contributed by atoms with E-state index in [-0.39, 0.29) is 18.4 Å².